The lowest BCUT2D eigenvalue weighted by molar-refractivity contribution is -0.0213. The van der Waals surface area contributed by atoms with E-state index in [1.807, 2.05) is 0 Å². The maximum Gasteiger partial charge on any atom is 0.0612 e. The third-order valence-corrected chi connectivity index (χ3v) is 6.09. The van der Waals surface area contributed by atoms with Gasteiger partial charge in [-0.2, -0.15) is 0 Å². The number of hydrogen-bond donors (Lipinski definition) is 0. The van der Waals surface area contributed by atoms with Crippen molar-refractivity contribution < 1.29 is 4.74 Å². The average Bonchev–Trinajstić information content (AvgIpc) is 2.71. The highest BCUT2D eigenvalue weighted by Crippen LogP contribution is 2.52. The van der Waals surface area contributed by atoms with E-state index >= 15 is 0 Å². The first-order chi connectivity index (χ1) is 8.19. The third-order valence-electron chi connectivity index (χ3n) is 6.09. The summed E-state index contributed by atoms with van der Waals surface area (Å²) in [5.74, 6) is 2.69. The van der Waals surface area contributed by atoms with Gasteiger partial charge in [-0.05, 0) is 55.3 Å². The molecule has 0 aromatic rings. The first kappa shape index (κ1) is 12.0. The highest BCUT2D eigenvalue weighted by molar-refractivity contribution is 4.96. The van der Waals surface area contributed by atoms with Gasteiger partial charge in [-0.25, -0.2) is 0 Å². The molecule has 1 nitrogen and oxygen atoms in total. The van der Waals surface area contributed by atoms with Gasteiger partial charge in [0.25, 0.3) is 0 Å². The van der Waals surface area contributed by atoms with Crippen LogP contribution in [0.4, 0.5) is 0 Å². The van der Waals surface area contributed by atoms with Crippen molar-refractivity contribution >= 4 is 0 Å². The molecule has 3 unspecified atom stereocenters. The molecule has 0 aromatic heterocycles. The van der Waals surface area contributed by atoms with Crippen LogP contribution < -0.4 is 0 Å². The van der Waals surface area contributed by atoms with Crippen molar-refractivity contribution in [2.45, 2.75) is 71.3 Å². The zero-order chi connectivity index (χ0) is 11.9. The van der Waals surface area contributed by atoms with Gasteiger partial charge in [-0.3, -0.25) is 0 Å². The van der Waals surface area contributed by atoms with Gasteiger partial charge in [-0.1, -0.05) is 33.1 Å². The van der Waals surface area contributed by atoms with Crippen molar-refractivity contribution in [2.75, 3.05) is 6.61 Å². The normalized spacial score (nSPS) is 48.0. The summed E-state index contributed by atoms with van der Waals surface area (Å²) in [6, 6.07) is 0. The Morgan fingerprint density at radius 1 is 1.06 bits per heavy atom. The second kappa shape index (κ2) is 4.57. The molecule has 3 fully saturated rings. The molecule has 1 aliphatic heterocycles. The van der Waals surface area contributed by atoms with E-state index < -0.39 is 0 Å². The number of ether oxygens (including phenoxy) is 1. The molecule has 0 N–H and O–H groups in total. The van der Waals surface area contributed by atoms with E-state index in [0.717, 1.165) is 24.4 Å². The van der Waals surface area contributed by atoms with E-state index in [-0.39, 0.29) is 0 Å². The number of fused-ring (bicyclic) bond motifs is 1. The number of rotatable bonds is 1. The summed E-state index contributed by atoms with van der Waals surface area (Å²) in [5.41, 5.74) is 0.603. The number of hydrogen-bond acceptors (Lipinski definition) is 1. The Kier molecular flexibility index (Phi) is 3.23. The predicted octanol–water partition coefficient (Wildman–Crippen LogP) is 4.41. The van der Waals surface area contributed by atoms with E-state index in [9.17, 15) is 0 Å². The van der Waals surface area contributed by atoms with E-state index in [0.29, 0.717) is 11.5 Å². The summed E-state index contributed by atoms with van der Waals surface area (Å²) in [4.78, 5) is 0. The Morgan fingerprint density at radius 3 is 2.59 bits per heavy atom. The minimum Gasteiger partial charge on any atom is -0.378 e. The molecule has 0 bridgehead atoms. The maximum absolute atomic E-state index is 6.06. The fourth-order valence-corrected chi connectivity index (χ4v) is 4.80. The van der Waals surface area contributed by atoms with Gasteiger partial charge in [0.1, 0.15) is 0 Å². The average molecular weight is 236 g/mol. The second-order valence-electron chi connectivity index (χ2n) is 7.24. The lowest BCUT2D eigenvalue weighted by atomic mass is 9.59. The van der Waals surface area contributed by atoms with Gasteiger partial charge in [-0.15, -0.1) is 0 Å². The van der Waals surface area contributed by atoms with Crippen LogP contribution in [0.25, 0.3) is 0 Å². The smallest absolute Gasteiger partial charge is 0.0612 e. The molecule has 0 spiro atoms. The molecular formula is C16H28O. The van der Waals surface area contributed by atoms with Gasteiger partial charge in [0.05, 0.1) is 6.10 Å². The fraction of sp³-hybridized carbons (Fsp3) is 1.00. The first-order valence-electron chi connectivity index (χ1n) is 7.81. The zero-order valence-electron chi connectivity index (χ0n) is 11.6. The molecule has 1 heterocycles. The lowest BCUT2D eigenvalue weighted by Gasteiger charge is -2.46. The molecule has 3 aliphatic rings. The van der Waals surface area contributed by atoms with Crippen molar-refractivity contribution in [3.05, 3.63) is 0 Å². The van der Waals surface area contributed by atoms with Crippen LogP contribution in [0.2, 0.25) is 0 Å². The van der Waals surface area contributed by atoms with Crippen molar-refractivity contribution in [2.24, 2.45) is 23.2 Å². The van der Waals surface area contributed by atoms with Crippen LogP contribution in [0, 0.1) is 23.2 Å². The molecule has 1 saturated heterocycles. The van der Waals surface area contributed by atoms with Crippen molar-refractivity contribution in [3.8, 4) is 0 Å². The summed E-state index contributed by atoms with van der Waals surface area (Å²) in [6.45, 7) is 5.97. The molecule has 2 aliphatic carbocycles. The topological polar surface area (TPSA) is 9.23 Å². The Labute approximate surface area is 106 Å². The Hall–Kier alpha value is -0.0400. The highest BCUT2D eigenvalue weighted by Gasteiger charge is 2.46. The molecule has 0 radical (unpaired) electrons. The lowest BCUT2D eigenvalue weighted by Crippen LogP contribution is -2.40. The van der Waals surface area contributed by atoms with Gasteiger partial charge < -0.3 is 4.74 Å². The summed E-state index contributed by atoms with van der Waals surface area (Å²) in [7, 11) is 0. The van der Waals surface area contributed by atoms with Crippen LogP contribution >= 0.6 is 0 Å². The quantitative estimate of drug-likeness (QED) is 0.655. The van der Waals surface area contributed by atoms with Crippen LogP contribution in [-0.2, 0) is 4.74 Å². The molecule has 4 atom stereocenters. The predicted molar refractivity (Wildman–Crippen MR) is 70.9 cm³/mol. The summed E-state index contributed by atoms with van der Waals surface area (Å²) in [6.07, 6.45) is 12.3. The Bertz CT molecular complexity index is 269. The maximum atomic E-state index is 6.06. The molecule has 0 amide bonds. The van der Waals surface area contributed by atoms with Crippen molar-refractivity contribution in [1.29, 1.82) is 0 Å². The van der Waals surface area contributed by atoms with Gasteiger partial charge in [0.15, 0.2) is 0 Å². The van der Waals surface area contributed by atoms with E-state index in [4.69, 9.17) is 4.74 Å². The molecule has 3 rings (SSSR count). The SMILES string of the molecule is CC1COC2CC(C)(C3CCCCC3)CC[C@@H]12. The van der Waals surface area contributed by atoms with Crippen LogP contribution in [0.3, 0.4) is 0 Å². The Balaban J connectivity index is 1.68. The minimum absolute atomic E-state index is 0.602. The fourth-order valence-electron chi connectivity index (χ4n) is 4.80. The van der Waals surface area contributed by atoms with E-state index in [1.54, 1.807) is 0 Å². The highest BCUT2D eigenvalue weighted by atomic mass is 16.5. The third kappa shape index (κ3) is 2.16. The first-order valence-corrected chi connectivity index (χ1v) is 7.81. The van der Waals surface area contributed by atoms with Gasteiger partial charge in [0.2, 0.25) is 0 Å². The summed E-state index contributed by atoms with van der Waals surface area (Å²) in [5, 5.41) is 0. The van der Waals surface area contributed by atoms with Crippen molar-refractivity contribution in [1.82, 2.24) is 0 Å². The van der Waals surface area contributed by atoms with Gasteiger partial charge >= 0.3 is 0 Å². The van der Waals surface area contributed by atoms with Crippen LogP contribution in [-0.4, -0.2) is 12.7 Å². The molecular weight excluding hydrogens is 208 g/mol. The molecule has 2 saturated carbocycles. The van der Waals surface area contributed by atoms with Crippen LogP contribution in [0.15, 0.2) is 0 Å². The van der Waals surface area contributed by atoms with Crippen molar-refractivity contribution in [3.63, 3.8) is 0 Å². The molecule has 0 aromatic carbocycles. The monoisotopic (exact) mass is 236 g/mol. The Morgan fingerprint density at radius 2 is 1.82 bits per heavy atom. The molecule has 17 heavy (non-hydrogen) atoms. The second-order valence-corrected chi connectivity index (χ2v) is 7.24. The molecule has 1 heteroatoms. The van der Waals surface area contributed by atoms with Gasteiger partial charge in [0, 0.05) is 6.61 Å². The van der Waals surface area contributed by atoms with E-state index in [2.05, 4.69) is 13.8 Å². The largest absolute Gasteiger partial charge is 0.378 e. The standard InChI is InChI=1S/C16H28O/c1-12-11-17-15-10-16(2,9-8-14(12)15)13-6-4-3-5-7-13/h12-15H,3-11H2,1-2H3/t12?,14-,15?,16?/m0/s1. The summed E-state index contributed by atoms with van der Waals surface area (Å²) >= 11 is 0. The zero-order valence-corrected chi connectivity index (χ0v) is 11.6. The van der Waals surface area contributed by atoms with Crippen LogP contribution in [0.5, 0.6) is 0 Å². The summed E-state index contributed by atoms with van der Waals surface area (Å²) < 4.78 is 6.06. The van der Waals surface area contributed by atoms with E-state index in [1.165, 1.54) is 51.4 Å². The molecule has 98 valence electrons. The van der Waals surface area contributed by atoms with Crippen LogP contribution in [0.1, 0.15) is 65.2 Å². The minimum atomic E-state index is 0.602.